The molecule has 2 nitrogen and oxygen atoms in total. The molecular weight excluding hydrogens is 297 g/mol. The predicted molar refractivity (Wildman–Crippen MR) is 53.5 cm³/mol. The van der Waals surface area contributed by atoms with Crippen molar-refractivity contribution in [2.75, 3.05) is 0 Å². The molecule has 1 aliphatic rings. The van der Waals surface area contributed by atoms with Gasteiger partial charge in [0.15, 0.2) is 0 Å². The van der Waals surface area contributed by atoms with Crippen molar-refractivity contribution in [2.45, 2.75) is 56.7 Å². The first-order chi connectivity index (χ1) is 8.91. The van der Waals surface area contributed by atoms with E-state index in [1.807, 2.05) is 0 Å². The quantitative estimate of drug-likeness (QED) is 0.581. The van der Waals surface area contributed by atoms with Crippen LogP contribution in [-0.4, -0.2) is 30.1 Å². The Hall–Kier alpha value is -1.02. The lowest BCUT2D eigenvalue weighted by Crippen LogP contribution is -2.57. The van der Waals surface area contributed by atoms with Gasteiger partial charge in [0.05, 0.1) is 0 Å². The summed E-state index contributed by atoms with van der Waals surface area (Å²) in [6.45, 7) is 1.20. The number of halogens is 7. The Bertz CT molecular complexity index is 358. The number of carbonyl (C=O) groups is 1. The summed E-state index contributed by atoms with van der Waals surface area (Å²) in [5.41, 5.74) is 0. The Morgan fingerprint density at radius 2 is 1.50 bits per heavy atom. The van der Waals surface area contributed by atoms with E-state index in [1.54, 1.807) is 0 Å². The van der Waals surface area contributed by atoms with Crippen LogP contribution in [0.5, 0.6) is 0 Å². The molecule has 1 rings (SSSR count). The van der Waals surface area contributed by atoms with Gasteiger partial charge in [-0.05, 0) is 25.7 Å². The second kappa shape index (κ2) is 5.40. The molecule has 1 saturated carbocycles. The molecule has 1 atom stereocenters. The van der Waals surface area contributed by atoms with Crippen LogP contribution in [0.2, 0.25) is 0 Å². The fraction of sp³-hybridized carbons (Fsp3) is 0.909. The van der Waals surface area contributed by atoms with Crippen molar-refractivity contribution in [2.24, 2.45) is 5.92 Å². The minimum absolute atomic E-state index is 0.297. The third kappa shape index (κ3) is 3.01. The Balaban J connectivity index is 2.79. The van der Waals surface area contributed by atoms with Gasteiger partial charge >= 0.3 is 24.0 Å². The second-order valence-corrected chi connectivity index (χ2v) is 4.80. The summed E-state index contributed by atoms with van der Waals surface area (Å²) in [5, 5.41) is 0. The maximum absolute atomic E-state index is 13.0. The van der Waals surface area contributed by atoms with Crippen LogP contribution in [0.3, 0.4) is 0 Å². The number of alkyl halides is 7. The fourth-order valence-corrected chi connectivity index (χ4v) is 2.07. The first-order valence-corrected chi connectivity index (χ1v) is 5.94. The summed E-state index contributed by atoms with van der Waals surface area (Å²) in [4.78, 5) is 11.0. The largest absolute Gasteiger partial charge is 0.460 e. The van der Waals surface area contributed by atoms with Crippen molar-refractivity contribution in [3.8, 4) is 0 Å². The van der Waals surface area contributed by atoms with Crippen LogP contribution >= 0.6 is 0 Å². The Morgan fingerprint density at radius 3 is 1.90 bits per heavy atom. The zero-order chi connectivity index (χ0) is 15.8. The Morgan fingerprint density at radius 1 is 1.05 bits per heavy atom. The van der Waals surface area contributed by atoms with E-state index in [2.05, 4.69) is 4.74 Å². The molecular formula is C11H13F7O2. The average molecular weight is 310 g/mol. The zero-order valence-electron chi connectivity index (χ0n) is 10.4. The van der Waals surface area contributed by atoms with E-state index >= 15 is 0 Å². The van der Waals surface area contributed by atoms with Gasteiger partial charge in [-0.15, -0.1) is 0 Å². The first-order valence-electron chi connectivity index (χ1n) is 5.94. The molecule has 118 valence electrons. The maximum atomic E-state index is 13.0. The van der Waals surface area contributed by atoms with Crippen molar-refractivity contribution in [1.82, 2.24) is 0 Å². The van der Waals surface area contributed by atoms with E-state index in [0.29, 0.717) is 12.8 Å². The van der Waals surface area contributed by atoms with Crippen molar-refractivity contribution in [1.29, 1.82) is 0 Å². The van der Waals surface area contributed by atoms with E-state index in [1.165, 1.54) is 6.92 Å². The second-order valence-electron chi connectivity index (χ2n) is 4.80. The van der Waals surface area contributed by atoms with Gasteiger partial charge in [0.25, 0.3) is 0 Å². The minimum atomic E-state index is -6.54. The molecule has 0 aromatic heterocycles. The Kier molecular flexibility index (Phi) is 4.60. The van der Waals surface area contributed by atoms with Gasteiger partial charge in [-0.25, -0.2) is 4.79 Å². The van der Waals surface area contributed by atoms with Gasteiger partial charge < -0.3 is 4.74 Å². The van der Waals surface area contributed by atoms with Gasteiger partial charge in [0.1, 0.15) is 6.10 Å². The van der Waals surface area contributed by atoms with Crippen LogP contribution in [0.15, 0.2) is 0 Å². The fourth-order valence-electron chi connectivity index (χ4n) is 2.07. The predicted octanol–water partition coefficient (Wildman–Crippen LogP) is 3.94. The Labute approximate surface area is 110 Å². The summed E-state index contributed by atoms with van der Waals surface area (Å²) in [6, 6.07) is 0. The van der Waals surface area contributed by atoms with Gasteiger partial charge in [0, 0.05) is 0 Å². The molecule has 0 N–H and O–H groups in total. The van der Waals surface area contributed by atoms with Crippen LogP contribution in [0.4, 0.5) is 30.7 Å². The molecule has 20 heavy (non-hydrogen) atoms. The van der Waals surface area contributed by atoms with Gasteiger partial charge in [-0.3, -0.25) is 0 Å². The third-order valence-corrected chi connectivity index (χ3v) is 3.36. The number of ether oxygens (including phenoxy) is 1. The van der Waals surface area contributed by atoms with Crippen molar-refractivity contribution >= 4 is 5.97 Å². The number of carbonyl (C=O) groups excluding carboxylic acids is 1. The minimum Gasteiger partial charge on any atom is -0.458 e. The summed E-state index contributed by atoms with van der Waals surface area (Å²) in [7, 11) is 0. The molecule has 0 spiro atoms. The van der Waals surface area contributed by atoms with Crippen LogP contribution < -0.4 is 0 Å². The molecule has 0 amide bonds. The monoisotopic (exact) mass is 310 g/mol. The van der Waals surface area contributed by atoms with E-state index in [4.69, 9.17) is 0 Å². The molecule has 0 aliphatic heterocycles. The highest BCUT2D eigenvalue weighted by Gasteiger charge is 2.77. The number of esters is 1. The normalized spacial score (nSPS) is 20.0. The standard InChI is InChI=1S/C11H13F7O2/c1-6(7-4-2-3-5-7)20-8(19)9(12,13)10(14,15)11(16,17)18/h6-7H,2-5H2,1H3. The van der Waals surface area contributed by atoms with E-state index in [9.17, 15) is 35.5 Å². The molecule has 0 radical (unpaired) electrons. The first kappa shape index (κ1) is 17.0. The van der Waals surface area contributed by atoms with E-state index in [-0.39, 0.29) is 5.92 Å². The van der Waals surface area contributed by atoms with E-state index in [0.717, 1.165) is 12.8 Å². The summed E-state index contributed by atoms with van der Waals surface area (Å²) in [5.74, 6) is -15.6. The SMILES string of the molecule is CC(OC(=O)C(F)(F)C(F)(F)C(F)(F)F)C1CCCC1. The molecule has 1 unspecified atom stereocenters. The molecule has 9 heteroatoms. The highest BCUT2D eigenvalue weighted by atomic mass is 19.4. The van der Waals surface area contributed by atoms with Gasteiger partial charge in [-0.2, -0.15) is 30.7 Å². The molecule has 0 aromatic carbocycles. The number of hydrogen-bond acceptors (Lipinski definition) is 2. The molecule has 0 saturated heterocycles. The lowest BCUT2D eigenvalue weighted by atomic mass is 10.0. The topological polar surface area (TPSA) is 26.3 Å². The van der Waals surface area contributed by atoms with Crippen molar-refractivity contribution < 1.29 is 40.3 Å². The van der Waals surface area contributed by atoms with Crippen LogP contribution in [0, 0.1) is 5.92 Å². The van der Waals surface area contributed by atoms with Crippen LogP contribution in [0.25, 0.3) is 0 Å². The van der Waals surface area contributed by atoms with Crippen LogP contribution in [0.1, 0.15) is 32.6 Å². The number of rotatable bonds is 4. The molecule has 0 bridgehead atoms. The third-order valence-electron chi connectivity index (χ3n) is 3.36. The highest BCUT2D eigenvalue weighted by Crippen LogP contribution is 2.47. The smallest absolute Gasteiger partial charge is 0.458 e. The van der Waals surface area contributed by atoms with Crippen LogP contribution in [-0.2, 0) is 9.53 Å². The van der Waals surface area contributed by atoms with Crippen molar-refractivity contribution in [3.05, 3.63) is 0 Å². The van der Waals surface area contributed by atoms with E-state index < -0.39 is 30.1 Å². The lowest BCUT2D eigenvalue weighted by molar-refractivity contribution is -0.349. The molecule has 1 aliphatic carbocycles. The molecule has 0 aromatic rings. The lowest BCUT2D eigenvalue weighted by Gasteiger charge is -2.28. The zero-order valence-corrected chi connectivity index (χ0v) is 10.4. The average Bonchev–Trinajstić information content (AvgIpc) is 2.80. The molecule has 0 heterocycles. The molecule has 1 fully saturated rings. The van der Waals surface area contributed by atoms with Crippen molar-refractivity contribution in [3.63, 3.8) is 0 Å². The maximum Gasteiger partial charge on any atom is 0.460 e. The highest BCUT2D eigenvalue weighted by molar-refractivity contribution is 5.79. The summed E-state index contributed by atoms with van der Waals surface area (Å²) < 4.78 is 91.0. The summed E-state index contributed by atoms with van der Waals surface area (Å²) >= 11 is 0. The van der Waals surface area contributed by atoms with Gasteiger partial charge in [0.2, 0.25) is 0 Å². The van der Waals surface area contributed by atoms with Gasteiger partial charge in [-0.1, -0.05) is 12.8 Å². The summed E-state index contributed by atoms with van der Waals surface area (Å²) in [6.07, 6.45) is -5.03. The number of hydrogen-bond donors (Lipinski definition) is 0.